The number of nitrogens with one attached hydrogen (secondary N) is 1. The summed E-state index contributed by atoms with van der Waals surface area (Å²) in [6, 6.07) is 0.682. The molecule has 2 aromatic rings. The lowest BCUT2D eigenvalue weighted by Crippen LogP contribution is -2.48. The molecule has 2 atom stereocenters. The van der Waals surface area contributed by atoms with Crippen LogP contribution < -0.4 is 16.8 Å². The molecule has 3 rings (SSSR count). The zero-order valence-corrected chi connectivity index (χ0v) is 11.7. The summed E-state index contributed by atoms with van der Waals surface area (Å²) in [6.07, 6.45) is 2.64. The highest BCUT2D eigenvalue weighted by Crippen LogP contribution is 2.33. The van der Waals surface area contributed by atoms with E-state index in [1.54, 1.807) is 12.3 Å². The molecular weight excluding hydrogens is 294 g/mol. The van der Waals surface area contributed by atoms with Crippen LogP contribution in [0.3, 0.4) is 0 Å². The summed E-state index contributed by atoms with van der Waals surface area (Å²) in [5.74, 6) is -2.89. The number of anilines is 1. The third-order valence-corrected chi connectivity index (χ3v) is 3.84. The molecule has 0 unspecified atom stereocenters. The first-order chi connectivity index (χ1) is 10.4. The zero-order valence-electron chi connectivity index (χ0n) is 11.7. The van der Waals surface area contributed by atoms with E-state index in [0.717, 1.165) is 0 Å². The minimum atomic E-state index is -2.71. The van der Waals surface area contributed by atoms with Crippen LogP contribution in [0.1, 0.15) is 29.6 Å². The Morgan fingerprint density at radius 1 is 1.50 bits per heavy atom. The van der Waals surface area contributed by atoms with E-state index in [4.69, 9.17) is 11.5 Å². The highest BCUT2D eigenvalue weighted by Gasteiger charge is 2.39. The fourth-order valence-electron chi connectivity index (χ4n) is 2.66. The van der Waals surface area contributed by atoms with Gasteiger partial charge >= 0.3 is 0 Å². The average Bonchev–Trinajstić information content (AvgIpc) is 2.84. The molecule has 0 aromatic carbocycles. The Labute approximate surface area is 124 Å². The Hall–Kier alpha value is -2.29. The molecule has 2 aromatic heterocycles. The van der Waals surface area contributed by atoms with Crippen LogP contribution in [0.5, 0.6) is 0 Å². The molecule has 1 fully saturated rings. The highest BCUT2D eigenvalue weighted by atomic mass is 19.3. The lowest BCUT2D eigenvalue weighted by atomic mass is 9.88. The van der Waals surface area contributed by atoms with Gasteiger partial charge in [-0.15, -0.1) is 0 Å². The first-order valence-electron chi connectivity index (χ1n) is 6.90. The normalized spacial score (nSPS) is 24.3. The Kier molecular flexibility index (Phi) is 3.44. The van der Waals surface area contributed by atoms with Crippen molar-refractivity contribution in [2.75, 3.05) is 5.32 Å². The van der Waals surface area contributed by atoms with Crippen molar-refractivity contribution in [3.8, 4) is 0 Å². The number of nitrogens with two attached hydrogens (primary N) is 2. The van der Waals surface area contributed by atoms with Gasteiger partial charge in [-0.2, -0.15) is 5.10 Å². The van der Waals surface area contributed by atoms with Gasteiger partial charge in [0.2, 0.25) is 5.92 Å². The van der Waals surface area contributed by atoms with Gasteiger partial charge in [0.1, 0.15) is 11.4 Å². The maximum absolute atomic E-state index is 13.3. The quantitative estimate of drug-likeness (QED) is 0.775. The summed E-state index contributed by atoms with van der Waals surface area (Å²) < 4.78 is 28.0. The standard InChI is InChI=1S/C13H16F2N6O/c14-13(15)3-1-9(8(16)5-13)19-10-2-4-21-12(20-10)7(6-18-21)11(17)22/h2,4,6,8-9H,1,3,5,16H2,(H2,17,22)(H,19,20)/t8-,9+/m0/s1. The van der Waals surface area contributed by atoms with E-state index in [1.165, 1.54) is 10.7 Å². The van der Waals surface area contributed by atoms with E-state index < -0.39 is 17.9 Å². The summed E-state index contributed by atoms with van der Waals surface area (Å²) in [5.41, 5.74) is 11.6. The zero-order chi connectivity index (χ0) is 15.9. The first kappa shape index (κ1) is 14.6. The van der Waals surface area contributed by atoms with Crippen molar-refractivity contribution >= 4 is 17.4 Å². The van der Waals surface area contributed by atoms with Crippen molar-refractivity contribution in [2.24, 2.45) is 11.5 Å². The smallest absolute Gasteiger partial charge is 0.254 e. The molecule has 2 heterocycles. The largest absolute Gasteiger partial charge is 0.366 e. The summed E-state index contributed by atoms with van der Waals surface area (Å²) in [7, 11) is 0. The van der Waals surface area contributed by atoms with Gasteiger partial charge < -0.3 is 16.8 Å². The van der Waals surface area contributed by atoms with Gasteiger partial charge in [-0.3, -0.25) is 4.79 Å². The Bertz CT molecular complexity index is 716. The second kappa shape index (κ2) is 5.16. The van der Waals surface area contributed by atoms with Crippen LogP contribution in [-0.4, -0.2) is 38.5 Å². The predicted molar refractivity (Wildman–Crippen MR) is 75.7 cm³/mol. The van der Waals surface area contributed by atoms with Crippen LogP contribution in [-0.2, 0) is 0 Å². The van der Waals surface area contributed by atoms with Gasteiger partial charge in [0.05, 0.1) is 6.20 Å². The van der Waals surface area contributed by atoms with Gasteiger partial charge in [0.15, 0.2) is 5.65 Å². The lowest BCUT2D eigenvalue weighted by molar-refractivity contribution is -0.0422. The number of carbonyl (C=O) groups excluding carboxylic acids is 1. The SMILES string of the molecule is NC(=O)c1cnn2ccc(N[C@@H]3CCC(F)(F)C[C@@H]3N)nc12. The number of alkyl halides is 2. The van der Waals surface area contributed by atoms with E-state index >= 15 is 0 Å². The number of carbonyl (C=O) groups is 1. The van der Waals surface area contributed by atoms with Crippen molar-refractivity contribution in [3.63, 3.8) is 0 Å². The van der Waals surface area contributed by atoms with Crippen LogP contribution in [0, 0.1) is 0 Å². The van der Waals surface area contributed by atoms with Crippen molar-refractivity contribution in [1.82, 2.24) is 14.6 Å². The molecule has 0 aliphatic heterocycles. The van der Waals surface area contributed by atoms with E-state index in [0.29, 0.717) is 11.5 Å². The molecule has 0 bridgehead atoms. The molecule has 9 heteroatoms. The summed E-state index contributed by atoms with van der Waals surface area (Å²) in [6.45, 7) is 0. The maximum Gasteiger partial charge on any atom is 0.254 e. The number of nitrogens with zero attached hydrogens (tertiary/aromatic N) is 3. The molecule has 118 valence electrons. The number of aromatic nitrogens is 3. The van der Waals surface area contributed by atoms with Crippen LogP contribution in [0.4, 0.5) is 14.6 Å². The van der Waals surface area contributed by atoms with Crippen LogP contribution in [0.25, 0.3) is 5.65 Å². The van der Waals surface area contributed by atoms with Crippen molar-refractivity contribution in [3.05, 3.63) is 24.0 Å². The van der Waals surface area contributed by atoms with E-state index in [9.17, 15) is 13.6 Å². The predicted octanol–water partition coefficient (Wildman–Crippen LogP) is 0.755. The van der Waals surface area contributed by atoms with Crippen molar-refractivity contribution in [2.45, 2.75) is 37.3 Å². The van der Waals surface area contributed by atoms with Crippen LogP contribution >= 0.6 is 0 Å². The Morgan fingerprint density at radius 3 is 2.95 bits per heavy atom. The molecule has 7 nitrogen and oxygen atoms in total. The molecular formula is C13H16F2N6O. The lowest BCUT2D eigenvalue weighted by Gasteiger charge is -2.34. The highest BCUT2D eigenvalue weighted by molar-refractivity contribution is 5.98. The van der Waals surface area contributed by atoms with Crippen LogP contribution in [0.15, 0.2) is 18.5 Å². The molecule has 1 aliphatic carbocycles. The summed E-state index contributed by atoms with van der Waals surface area (Å²) in [4.78, 5) is 15.6. The van der Waals surface area contributed by atoms with Crippen LogP contribution in [0.2, 0.25) is 0 Å². The van der Waals surface area contributed by atoms with E-state index in [1.807, 2.05) is 0 Å². The second-order valence-corrected chi connectivity index (χ2v) is 5.52. The fourth-order valence-corrected chi connectivity index (χ4v) is 2.66. The minimum absolute atomic E-state index is 0.197. The number of fused-ring (bicyclic) bond motifs is 1. The van der Waals surface area contributed by atoms with Gasteiger partial charge in [-0.1, -0.05) is 0 Å². The minimum Gasteiger partial charge on any atom is -0.366 e. The number of rotatable bonds is 3. The maximum atomic E-state index is 13.3. The van der Waals surface area contributed by atoms with Gasteiger partial charge in [0.25, 0.3) is 5.91 Å². The molecule has 0 radical (unpaired) electrons. The summed E-state index contributed by atoms with van der Waals surface area (Å²) in [5, 5.41) is 7.02. The molecule has 22 heavy (non-hydrogen) atoms. The van der Waals surface area contributed by atoms with Crippen molar-refractivity contribution < 1.29 is 13.6 Å². The third-order valence-electron chi connectivity index (χ3n) is 3.84. The Morgan fingerprint density at radius 2 is 2.27 bits per heavy atom. The summed E-state index contributed by atoms with van der Waals surface area (Å²) >= 11 is 0. The number of primary amides is 1. The number of halogens is 2. The molecule has 0 saturated heterocycles. The third kappa shape index (κ3) is 2.71. The fraction of sp³-hybridized carbons (Fsp3) is 0.462. The number of amides is 1. The second-order valence-electron chi connectivity index (χ2n) is 5.52. The molecule has 1 aliphatic rings. The topological polar surface area (TPSA) is 111 Å². The van der Waals surface area contributed by atoms with Gasteiger partial charge in [0, 0.05) is 31.1 Å². The first-order valence-corrected chi connectivity index (χ1v) is 6.90. The molecule has 0 spiro atoms. The van der Waals surface area contributed by atoms with Gasteiger partial charge in [-0.05, 0) is 12.5 Å². The average molecular weight is 310 g/mol. The van der Waals surface area contributed by atoms with Crippen molar-refractivity contribution in [1.29, 1.82) is 0 Å². The molecule has 1 amide bonds. The number of hydrogen-bond donors (Lipinski definition) is 3. The van der Waals surface area contributed by atoms with Gasteiger partial charge in [-0.25, -0.2) is 18.3 Å². The van der Waals surface area contributed by atoms with E-state index in [-0.39, 0.29) is 30.9 Å². The Balaban J connectivity index is 1.82. The number of hydrogen-bond acceptors (Lipinski definition) is 5. The molecule has 5 N–H and O–H groups in total. The molecule has 1 saturated carbocycles. The van der Waals surface area contributed by atoms with E-state index in [2.05, 4.69) is 15.4 Å². The monoisotopic (exact) mass is 310 g/mol.